The molecule has 0 aromatic carbocycles. The lowest BCUT2D eigenvalue weighted by Crippen LogP contribution is -2.37. The van der Waals surface area contributed by atoms with Gasteiger partial charge in [-0.3, -0.25) is 4.79 Å². The Morgan fingerprint density at radius 3 is 3.17 bits per heavy atom. The molecule has 1 saturated heterocycles. The molecular weight excluding hydrogens is 154 g/mol. The first-order chi connectivity index (χ1) is 5.83. The van der Waals surface area contributed by atoms with Gasteiger partial charge in [-0.25, -0.2) is 0 Å². The molecule has 0 aromatic rings. The average molecular weight is 169 g/mol. The summed E-state index contributed by atoms with van der Waals surface area (Å²) in [6.07, 6.45) is 1.22. The summed E-state index contributed by atoms with van der Waals surface area (Å²) in [6.45, 7) is 4.28. The minimum Gasteiger partial charge on any atom is -0.466 e. The fourth-order valence-electron chi connectivity index (χ4n) is 2.08. The molecular formula is C9H15NO2. The van der Waals surface area contributed by atoms with Crippen molar-refractivity contribution in [1.82, 2.24) is 5.32 Å². The van der Waals surface area contributed by atoms with Crippen molar-refractivity contribution >= 4 is 5.97 Å². The van der Waals surface area contributed by atoms with Gasteiger partial charge in [0.25, 0.3) is 0 Å². The first kappa shape index (κ1) is 8.05. The van der Waals surface area contributed by atoms with Gasteiger partial charge in [0.2, 0.25) is 0 Å². The number of piperidine rings is 1. The highest BCUT2D eigenvalue weighted by Gasteiger charge is 2.48. The largest absolute Gasteiger partial charge is 0.466 e. The van der Waals surface area contributed by atoms with E-state index >= 15 is 0 Å². The van der Waals surface area contributed by atoms with Crippen LogP contribution >= 0.6 is 0 Å². The number of esters is 1. The normalized spacial score (nSPS) is 38.6. The van der Waals surface area contributed by atoms with Gasteiger partial charge in [0, 0.05) is 6.54 Å². The summed E-state index contributed by atoms with van der Waals surface area (Å²) >= 11 is 0. The Labute approximate surface area is 72.5 Å². The summed E-state index contributed by atoms with van der Waals surface area (Å²) < 4.78 is 5.00. The second kappa shape index (κ2) is 3.05. The van der Waals surface area contributed by atoms with Crippen molar-refractivity contribution < 1.29 is 9.53 Å². The van der Waals surface area contributed by atoms with Crippen LogP contribution in [0, 0.1) is 17.8 Å². The van der Waals surface area contributed by atoms with Gasteiger partial charge in [-0.1, -0.05) is 0 Å². The van der Waals surface area contributed by atoms with Crippen molar-refractivity contribution in [3.63, 3.8) is 0 Å². The first-order valence-corrected chi connectivity index (χ1v) is 4.70. The van der Waals surface area contributed by atoms with Crippen molar-refractivity contribution in [2.45, 2.75) is 13.3 Å². The molecule has 0 radical (unpaired) electrons. The van der Waals surface area contributed by atoms with Crippen molar-refractivity contribution in [3.05, 3.63) is 0 Å². The molecule has 68 valence electrons. The molecule has 1 saturated carbocycles. The van der Waals surface area contributed by atoms with Crippen LogP contribution < -0.4 is 5.32 Å². The molecule has 2 aliphatic rings. The topological polar surface area (TPSA) is 38.3 Å². The molecule has 1 aliphatic heterocycles. The van der Waals surface area contributed by atoms with Gasteiger partial charge in [-0.2, -0.15) is 0 Å². The van der Waals surface area contributed by atoms with E-state index in [1.807, 2.05) is 6.92 Å². The molecule has 3 heteroatoms. The number of fused-ring (bicyclic) bond motifs is 1. The van der Waals surface area contributed by atoms with E-state index in [0.29, 0.717) is 12.5 Å². The maximum absolute atomic E-state index is 11.4. The number of carbonyl (C=O) groups is 1. The third kappa shape index (κ3) is 1.33. The van der Waals surface area contributed by atoms with Gasteiger partial charge in [0.05, 0.1) is 12.5 Å². The van der Waals surface area contributed by atoms with E-state index in [0.717, 1.165) is 19.0 Å². The van der Waals surface area contributed by atoms with Crippen LogP contribution in [-0.2, 0) is 9.53 Å². The average Bonchev–Trinajstić information content (AvgIpc) is 2.81. The zero-order valence-corrected chi connectivity index (χ0v) is 7.38. The monoisotopic (exact) mass is 169 g/mol. The molecule has 3 atom stereocenters. The zero-order chi connectivity index (χ0) is 8.55. The van der Waals surface area contributed by atoms with E-state index in [1.54, 1.807) is 0 Å². The van der Waals surface area contributed by atoms with Crippen molar-refractivity contribution in [2.75, 3.05) is 19.7 Å². The van der Waals surface area contributed by atoms with Gasteiger partial charge >= 0.3 is 5.97 Å². The summed E-state index contributed by atoms with van der Waals surface area (Å²) in [5, 5.41) is 3.26. The Morgan fingerprint density at radius 1 is 1.58 bits per heavy atom. The Balaban J connectivity index is 1.90. The molecule has 1 N–H and O–H groups in total. The highest BCUT2D eigenvalue weighted by molar-refractivity contribution is 5.73. The lowest BCUT2D eigenvalue weighted by atomic mass is 9.99. The minimum absolute atomic E-state index is 0.00259. The smallest absolute Gasteiger partial charge is 0.310 e. The fourth-order valence-corrected chi connectivity index (χ4v) is 2.08. The molecule has 12 heavy (non-hydrogen) atoms. The molecule has 0 amide bonds. The van der Waals surface area contributed by atoms with E-state index in [9.17, 15) is 4.79 Å². The van der Waals surface area contributed by atoms with Crippen LogP contribution in [0.2, 0.25) is 0 Å². The van der Waals surface area contributed by atoms with Crippen LogP contribution in [0.5, 0.6) is 0 Å². The summed E-state index contributed by atoms with van der Waals surface area (Å²) in [5.74, 6) is 1.53. The third-order valence-corrected chi connectivity index (χ3v) is 2.85. The second-order valence-electron chi connectivity index (χ2n) is 3.68. The van der Waals surface area contributed by atoms with Gasteiger partial charge < -0.3 is 10.1 Å². The number of nitrogens with one attached hydrogen (secondary N) is 1. The Hall–Kier alpha value is -0.570. The van der Waals surface area contributed by atoms with Crippen molar-refractivity contribution in [3.8, 4) is 0 Å². The SMILES string of the molecule is CCOC(=O)[C@H]1CNCC2C[C@@H]21. The van der Waals surface area contributed by atoms with Gasteiger partial charge in [0.1, 0.15) is 0 Å². The molecule has 3 nitrogen and oxygen atoms in total. The standard InChI is InChI=1S/C9H15NO2/c1-2-12-9(11)8-5-10-4-6-3-7(6)8/h6-8,10H,2-5H2,1H3/t6?,7-,8-/m0/s1. The molecule has 0 spiro atoms. The molecule has 1 unspecified atom stereocenters. The van der Waals surface area contributed by atoms with Crippen LogP contribution in [0.4, 0.5) is 0 Å². The van der Waals surface area contributed by atoms with Crippen LogP contribution in [0.3, 0.4) is 0 Å². The highest BCUT2D eigenvalue weighted by atomic mass is 16.5. The van der Waals surface area contributed by atoms with Crippen LogP contribution in [-0.4, -0.2) is 25.7 Å². The molecule has 1 aliphatic carbocycles. The van der Waals surface area contributed by atoms with Crippen LogP contribution in [0.15, 0.2) is 0 Å². The van der Waals surface area contributed by atoms with Crippen LogP contribution in [0.25, 0.3) is 0 Å². The number of rotatable bonds is 2. The van der Waals surface area contributed by atoms with E-state index in [1.165, 1.54) is 6.42 Å². The predicted molar refractivity (Wildman–Crippen MR) is 44.6 cm³/mol. The summed E-state index contributed by atoms with van der Waals surface area (Å²) in [4.78, 5) is 11.4. The van der Waals surface area contributed by atoms with E-state index in [4.69, 9.17) is 4.74 Å². The van der Waals surface area contributed by atoms with Gasteiger partial charge in [-0.15, -0.1) is 0 Å². The van der Waals surface area contributed by atoms with E-state index in [-0.39, 0.29) is 11.9 Å². The third-order valence-electron chi connectivity index (χ3n) is 2.85. The molecule has 2 rings (SSSR count). The zero-order valence-electron chi connectivity index (χ0n) is 7.38. The number of hydrogen-bond donors (Lipinski definition) is 1. The molecule has 0 bridgehead atoms. The number of carbonyl (C=O) groups excluding carboxylic acids is 1. The predicted octanol–water partition coefficient (Wildman–Crippen LogP) is 0.405. The Bertz CT molecular complexity index is 193. The lowest BCUT2D eigenvalue weighted by Gasteiger charge is -2.20. The van der Waals surface area contributed by atoms with Gasteiger partial charge in [-0.05, 0) is 31.7 Å². The maximum atomic E-state index is 11.4. The molecule has 2 fully saturated rings. The second-order valence-corrected chi connectivity index (χ2v) is 3.68. The maximum Gasteiger partial charge on any atom is 0.310 e. The van der Waals surface area contributed by atoms with Crippen LogP contribution in [0.1, 0.15) is 13.3 Å². The minimum atomic E-state index is -0.00259. The fraction of sp³-hybridized carbons (Fsp3) is 0.889. The summed E-state index contributed by atoms with van der Waals surface area (Å²) in [5.41, 5.74) is 0. The first-order valence-electron chi connectivity index (χ1n) is 4.70. The Morgan fingerprint density at radius 2 is 2.42 bits per heavy atom. The van der Waals surface area contributed by atoms with E-state index < -0.39 is 0 Å². The van der Waals surface area contributed by atoms with Crippen molar-refractivity contribution in [2.24, 2.45) is 17.8 Å². The summed E-state index contributed by atoms with van der Waals surface area (Å²) in [7, 11) is 0. The summed E-state index contributed by atoms with van der Waals surface area (Å²) in [6, 6.07) is 0. The molecule has 1 heterocycles. The number of hydrogen-bond acceptors (Lipinski definition) is 3. The van der Waals surface area contributed by atoms with E-state index in [2.05, 4.69) is 5.32 Å². The highest BCUT2D eigenvalue weighted by Crippen LogP contribution is 2.46. The Kier molecular flexibility index (Phi) is 2.05. The van der Waals surface area contributed by atoms with Crippen molar-refractivity contribution in [1.29, 1.82) is 0 Å². The molecule has 0 aromatic heterocycles. The lowest BCUT2D eigenvalue weighted by molar-refractivity contribution is -0.149. The number of ether oxygens (including phenoxy) is 1. The quantitative estimate of drug-likeness (QED) is 0.608. The van der Waals surface area contributed by atoms with Gasteiger partial charge in [0.15, 0.2) is 0 Å².